The Balaban J connectivity index is 1.83. The van der Waals surface area contributed by atoms with E-state index in [2.05, 4.69) is 97.5 Å². The molecule has 0 aromatic heterocycles. The van der Waals surface area contributed by atoms with Crippen molar-refractivity contribution >= 4 is 5.69 Å². The van der Waals surface area contributed by atoms with E-state index >= 15 is 0 Å². The number of aryl methyl sites for hydroxylation is 2. The van der Waals surface area contributed by atoms with Gasteiger partial charge in [-0.15, -0.1) is 0 Å². The fourth-order valence-corrected chi connectivity index (χ4v) is 2.56. The summed E-state index contributed by atoms with van der Waals surface area (Å²) in [5.74, 6) is 0. The molecule has 0 spiro atoms. The molecule has 0 amide bonds. The predicted molar refractivity (Wildman–Crippen MR) is 97.4 cm³/mol. The summed E-state index contributed by atoms with van der Waals surface area (Å²) in [5.41, 5.74) is 12.8. The lowest BCUT2D eigenvalue weighted by atomic mass is 9.98. The SMILES string of the molecule is Cc1ccc(NNC(c2ccccc2)c2ccc(C)cc2)cc1. The van der Waals surface area contributed by atoms with E-state index in [0.717, 1.165) is 5.69 Å². The smallest absolute Gasteiger partial charge is 0.0760 e. The van der Waals surface area contributed by atoms with E-state index in [1.807, 2.05) is 6.07 Å². The zero-order valence-corrected chi connectivity index (χ0v) is 13.6. The van der Waals surface area contributed by atoms with E-state index in [-0.39, 0.29) is 6.04 Å². The van der Waals surface area contributed by atoms with Crippen molar-refractivity contribution in [2.24, 2.45) is 0 Å². The first-order chi connectivity index (χ1) is 11.2. The molecule has 0 heterocycles. The largest absolute Gasteiger partial charge is 0.321 e. The molecule has 3 rings (SSSR count). The second-order valence-corrected chi connectivity index (χ2v) is 5.89. The minimum atomic E-state index is 0.0955. The monoisotopic (exact) mass is 302 g/mol. The number of rotatable bonds is 5. The van der Waals surface area contributed by atoms with Crippen molar-refractivity contribution in [3.63, 3.8) is 0 Å². The molecule has 3 aromatic carbocycles. The summed E-state index contributed by atoms with van der Waals surface area (Å²) >= 11 is 0. The van der Waals surface area contributed by atoms with Gasteiger partial charge in [-0.05, 0) is 37.1 Å². The highest BCUT2D eigenvalue weighted by atomic mass is 15.4. The third-order valence-corrected chi connectivity index (χ3v) is 3.96. The molecule has 3 aromatic rings. The van der Waals surface area contributed by atoms with Gasteiger partial charge in [-0.3, -0.25) is 0 Å². The Morgan fingerprint density at radius 3 is 1.74 bits per heavy atom. The molecular formula is C21H22N2. The van der Waals surface area contributed by atoms with Crippen LogP contribution in [-0.2, 0) is 0 Å². The van der Waals surface area contributed by atoms with E-state index < -0.39 is 0 Å². The molecule has 0 aliphatic carbocycles. The molecule has 2 heteroatoms. The molecule has 116 valence electrons. The van der Waals surface area contributed by atoms with Crippen molar-refractivity contribution in [3.8, 4) is 0 Å². The Morgan fingerprint density at radius 2 is 1.13 bits per heavy atom. The fourth-order valence-electron chi connectivity index (χ4n) is 2.56. The van der Waals surface area contributed by atoms with Crippen molar-refractivity contribution < 1.29 is 0 Å². The summed E-state index contributed by atoms with van der Waals surface area (Å²) in [6, 6.07) is 27.6. The summed E-state index contributed by atoms with van der Waals surface area (Å²) in [4.78, 5) is 0. The van der Waals surface area contributed by atoms with Crippen LogP contribution in [0.1, 0.15) is 28.3 Å². The van der Waals surface area contributed by atoms with Crippen LogP contribution in [0.15, 0.2) is 78.9 Å². The average Bonchev–Trinajstić information content (AvgIpc) is 2.59. The Bertz CT molecular complexity index is 731. The van der Waals surface area contributed by atoms with Crippen molar-refractivity contribution in [2.75, 3.05) is 5.43 Å². The maximum atomic E-state index is 3.46. The molecular weight excluding hydrogens is 280 g/mol. The first-order valence-corrected chi connectivity index (χ1v) is 7.92. The molecule has 0 aliphatic rings. The molecule has 0 radical (unpaired) electrons. The number of anilines is 1. The lowest BCUT2D eigenvalue weighted by Crippen LogP contribution is -2.28. The zero-order chi connectivity index (χ0) is 16.1. The Kier molecular flexibility index (Phi) is 4.74. The maximum Gasteiger partial charge on any atom is 0.0760 e. The van der Waals surface area contributed by atoms with Crippen LogP contribution in [0.25, 0.3) is 0 Å². The highest BCUT2D eigenvalue weighted by Gasteiger charge is 2.13. The van der Waals surface area contributed by atoms with Crippen LogP contribution < -0.4 is 10.9 Å². The summed E-state index contributed by atoms with van der Waals surface area (Å²) < 4.78 is 0. The summed E-state index contributed by atoms with van der Waals surface area (Å²) in [6.07, 6.45) is 0. The van der Waals surface area contributed by atoms with Crippen LogP contribution in [0.2, 0.25) is 0 Å². The highest BCUT2D eigenvalue weighted by Crippen LogP contribution is 2.22. The number of nitrogens with one attached hydrogen (secondary N) is 2. The lowest BCUT2D eigenvalue weighted by molar-refractivity contribution is 0.682. The summed E-state index contributed by atoms with van der Waals surface area (Å²) in [7, 11) is 0. The number of hydrogen-bond acceptors (Lipinski definition) is 2. The van der Waals surface area contributed by atoms with E-state index in [1.165, 1.54) is 22.3 Å². The van der Waals surface area contributed by atoms with Crippen LogP contribution >= 0.6 is 0 Å². The normalized spacial score (nSPS) is 11.9. The van der Waals surface area contributed by atoms with Crippen LogP contribution in [-0.4, -0.2) is 0 Å². The van der Waals surface area contributed by atoms with Gasteiger partial charge >= 0.3 is 0 Å². The molecule has 1 unspecified atom stereocenters. The van der Waals surface area contributed by atoms with Gasteiger partial charge in [-0.1, -0.05) is 77.9 Å². The van der Waals surface area contributed by atoms with Crippen LogP contribution in [0.5, 0.6) is 0 Å². The molecule has 2 nitrogen and oxygen atoms in total. The second kappa shape index (κ2) is 7.12. The third kappa shape index (κ3) is 3.99. The van der Waals surface area contributed by atoms with E-state index in [9.17, 15) is 0 Å². The zero-order valence-electron chi connectivity index (χ0n) is 13.6. The average molecular weight is 302 g/mol. The van der Waals surface area contributed by atoms with Gasteiger partial charge in [0, 0.05) is 5.69 Å². The van der Waals surface area contributed by atoms with Crippen molar-refractivity contribution in [3.05, 3.63) is 101 Å². The predicted octanol–water partition coefficient (Wildman–Crippen LogP) is 5.01. The minimum Gasteiger partial charge on any atom is -0.321 e. The molecule has 2 N–H and O–H groups in total. The lowest BCUT2D eigenvalue weighted by Gasteiger charge is -2.21. The van der Waals surface area contributed by atoms with E-state index in [4.69, 9.17) is 0 Å². The van der Waals surface area contributed by atoms with Gasteiger partial charge in [0.2, 0.25) is 0 Å². The fraction of sp³-hybridized carbons (Fsp3) is 0.143. The maximum absolute atomic E-state index is 3.46. The Hall–Kier alpha value is -2.58. The van der Waals surface area contributed by atoms with Gasteiger partial charge in [0.25, 0.3) is 0 Å². The van der Waals surface area contributed by atoms with Crippen LogP contribution in [0.4, 0.5) is 5.69 Å². The quantitative estimate of drug-likeness (QED) is 0.647. The topological polar surface area (TPSA) is 24.1 Å². The highest BCUT2D eigenvalue weighted by molar-refractivity contribution is 5.44. The molecule has 1 atom stereocenters. The van der Waals surface area contributed by atoms with Gasteiger partial charge in [0.1, 0.15) is 0 Å². The van der Waals surface area contributed by atoms with Gasteiger partial charge in [-0.2, -0.15) is 0 Å². The molecule has 0 saturated carbocycles. The molecule has 23 heavy (non-hydrogen) atoms. The number of hydrazine groups is 1. The second-order valence-electron chi connectivity index (χ2n) is 5.89. The van der Waals surface area contributed by atoms with Crippen molar-refractivity contribution in [1.29, 1.82) is 0 Å². The van der Waals surface area contributed by atoms with Gasteiger partial charge in [0.15, 0.2) is 0 Å². The van der Waals surface area contributed by atoms with E-state index in [0.29, 0.717) is 0 Å². The first-order valence-electron chi connectivity index (χ1n) is 7.92. The standard InChI is InChI=1S/C21H22N2/c1-16-8-12-19(13-9-16)21(18-6-4-3-5-7-18)23-22-20-14-10-17(2)11-15-20/h3-15,21-23H,1-2H3. The molecule has 0 fully saturated rings. The van der Waals surface area contributed by atoms with Gasteiger partial charge < -0.3 is 5.43 Å². The first kappa shape index (κ1) is 15.3. The van der Waals surface area contributed by atoms with Crippen LogP contribution in [0, 0.1) is 13.8 Å². The Morgan fingerprint density at radius 1 is 0.609 bits per heavy atom. The summed E-state index contributed by atoms with van der Waals surface area (Å²) in [5, 5.41) is 0. The minimum absolute atomic E-state index is 0.0955. The third-order valence-electron chi connectivity index (χ3n) is 3.96. The van der Waals surface area contributed by atoms with Crippen LogP contribution in [0.3, 0.4) is 0 Å². The van der Waals surface area contributed by atoms with Crippen molar-refractivity contribution in [1.82, 2.24) is 5.43 Å². The molecule has 0 bridgehead atoms. The molecule has 0 saturated heterocycles. The number of hydrogen-bond donors (Lipinski definition) is 2. The van der Waals surface area contributed by atoms with Crippen molar-refractivity contribution in [2.45, 2.75) is 19.9 Å². The molecule has 0 aliphatic heterocycles. The van der Waals surface area contributed by atoms with Gasteiger partial charge in [0.05, 0.1) is 6.04 Å². The Labute approximate surface area is 138 Å². The van der Waals surface area contributed by atoms with Gasteiger partial charge in [-0.25, -0.2) is 5.43 Å². The summed E-state index contributed by atoms with van der Waals surface area (Å²) in [6.45, 7) is 4.20. The van der Waals surface area contributed by atoms with E-state index in [1.54, 1.807) is 0 Å². The number of benzene rings is 3.